The number of fused-ring (bicyclic) bond motifs is 1. The highest BCUT2D eigenvalue weighted by Gasteiger charge is 2.18. The van der Waals surface area contributed by atoms with Crippen molar-refractivity contribution in [3.63, 3.8) is 0 Å². The van der Waals surface area contributed by atoms with Gasteiger partial charge in [0.15, 0.2) is 4.77 Å². The van der Waals surface area contributed by atoms with Crippen molar-refractivity contribution in [3.05, 3.63) is 28.8 Å². The second-order valence-corrected chi connectivity index (χ2v) is 4.81. The molecule has 0 saturated carbocycles. The van der Waals surface area contributed by atoms with Crippen LogP contribution in [0.1, 0.15) is 13.0 Å². The minimum atomic E-state index is -0.532. The van der Waals surface area contributed by atoms with Crippen LogP contribution in [0.15, 0.2) is 18.2 Å². The van der Waals surface area contributed by atoms with Gasteiger partial charge in [0.05, 0.1) is 17.6 Å². The molecule has 1 unspecified atom stereocenters. The number of imidazole rings is 1. The van der Waals surface area contributed by atoms with E-state index >= 15 is 0 Å². The summed E-state index contributed by atoms with van der Waals surface area (Å²) in [4.78, 5) is 15.0. The average Bonchev–Trinajstić information content (AvgIpc) is 2.73. The zero-order valence-electron chi connectivity index (χ0n) is 11.3. The van der Waals surface area contributed by atoms with Crippen LogP contribution in [0.25, 0.3) is 11.0 Å². The largest absolute Gasteiger partial charge is 0.383 e. The number of carbonyl (C=O) groups is 1. The van der Waals surface area contributed by atoms with Crippen molar-refractivity contribution >= 4 is 29.2 Å². The Morgan fingerprint density at radius 2 is 2.35 bits per heavy atom. The lowest BCUT2D eigenvalue weighted by atomic mass is 10.2. The number of nitrogens with one attached hydrogen (secondary N) is 2. The molecule has 0 spiro atoms. The summed E-state index contributed by atoms with van der Waals surface area (Å²) in [6.45, 7) is 2.58. The molecule has 2 N–H and O–H groups in total. The molecule has 2 rings (SSSR count). The Hall–Kier alpha value is -1.73. The van der Waals surface area contributed by atoms with Gasteiger partial charge in [0.1, 0.15) is 11.9 Å². The van der Waals surface area contributed by atoms with Gasteiger partial charge in [-0.15, -0.1) is 0 Å². The predicted octanol–water partition coefficient (Wildman–Crippen LogP) is 2.16. The molecular formula is C13H16FN3O2S. The van der Waals surface area contributed by atoms with Crippen molar-refractivity contribution < 1.29 is 13.9 Å². The van der Waals surface area contributed by atoms with Gasteiger partial charge in [0.25, 0.3) is 0 Å². The number of halogens is 1. The van der Waals surface area contributed by atoms with Crippen molar-refractivity contribution in [3.8, 4) is 0 Å². The lowest BCUT2D eigenvalue weighted by Crippen LogP contribution is -2.33. The number of ether oxygens (including phenoxy) is 1. The fraction of sp³-hybridized carbons (Fsp3) is 0.385. The molecule has 0 aliphatic heterocycles. The summed E-state index contributed by atoms with van der Waals surface area (Å²) in [5.41, 5.74) is 1.28. The van der Waals surface area contributed by atoms with Crippen molar-refractivity contribution in [1.82, 2.24) is 14.9 Å². The van der Waals surface area contributed by atoms with Crippen LogP contribution in [0.3, 0.4) is 0 Å². The molecule has 1 aromatic carbocycles. The maximum Gasteiger partial charge on any atom is 0.242 e. The highest BCUT2D eigenvalue weighted by molar-refractivity contribution is 7.71. The molecular weight excluding hydrogens is 281 g/mol. The third-order valence-corrected chi connectivity index (χ3v) is 3.35. The summed E-state index contributed by atoms with van der Waals surface area (Å²) in [7, 11) is 1.56. The van der Waals surface area contributed by atoms with Crippen LogP contribution < -0.4 is 5.32 Å². The first-order valence-corrected chi connectivity index (χ1v) is 6.62. The van der Waals surface area contributed by atoms with Gasteiger partial charge < -0.3 is 19.6 Å². The van der Waals surface area contributed by atoms with Crippen molar-refractivity contribution in [2.75, 3.05) is 20.3 Å². The Kier molecular flexibility index (Phi) is 4.51. The number of amides is 1. The van der Waals surface area contributed by atoms with E-state index in [0.717, 1.165) is 0 Å². The molecule has 108 valence electrons. The third kappa shape index (κ3) is 2.88. The first-order chi connectivity index (χ1) is 9.54. The molecule has 0 bridgehead atoms. The molecule has 0 fully saturated rings. The van der Waals surface area contributed by atoms with Crippen molar-refractivity contribution in [1.29, 1.82) is 0 Å². The van der Waals surface area contributed by atoms with E-state index in [1.165, 1.54) is 12.1 Å². The number of aromatic amines is 1. The minimum absolute atomic E-state index is 0.191. The van der Waals surface area contributed by atoms with E-state index in [2.05, 4.69) is 10.3 Å². The molecule has 2 aromatic rings. The molecule has 20 heavy (non-hydrogen) atoms. The summed E-state index contributed by atoms with van der Waals surface area (Å²) < 4.78 is 20.2. The number of rotatable bonds is 5. The number of aromatic nitrogens is 2. The van der Waals surface area contributed by atoms with E-state index in [1.807, 2.05) is 0 Å². The SMILES string of the molecule is COCCNC(=O)C(C)n1c(=S)[nH]c2ccc(F)cc21. The second-order valence-electron chi connectivity index (χ2n) is 4.42. The van der Waals surface area contributed by atoms with E-state index in [4.69, 9.17) is 17.0 Å². The number of H-pyrrole nitrogens is 1. The van der Waals surface area contributed by atoms with Crippen LogP contribution in [-0.2, 0) is 9.53 Å². The van der Waals surface area contributed by atoms with Gasteiger partial charge in [-0.05, 0) is 37.3 Å². The first kappa shape index (κ1) is 14.7. The standard InChI is InChI=1S/C13H16FN3O2S/c1-8(12(18)15-5-6-19-2)17-11-7-9(14)3-4-10(11)16-13(17)20/h3-4,7-8H,5-6H2,1-2H3,(H,15,18)(H,16,20). The molecule has 0 aliphatic carbocycles. The van der Waals surface area contributed by atoms with E-state index in [9.17, 15) is 9.18 Å². The van der Waals surface area contributed by atoms with Crippen LogP contribution in [0.2, 0.25) is 0 Å². The van der Waals surface area contributed by atoms with E-state index in [0.29, 0.717) is 29.0 Å². The minimum Gasteiger partial charge on any atom is -0.383 e. The lowest BCUT2D eigenvalue weighted by molar-refractivity contribution is -0.124. The van der Waals surface area contributed by atoms with Crippen LogP contribution in [-0.4, -0.2) is 35.7 Å². The van der Waals surface area contributed by atoms with Gasteiger partial charge in [0.2, 0.25) is 5.91 Å². The predicted molar refractivity (Wildman–Crippen MR) is 76.7 cm³/mol. The molecule has 1 aromatic heterocycles. The Morgan fingerprint density at radius 1 is 1.60 bits per heavy atom. The van der Waals surface area contributed by atoms with Crippen LogP contribution in [0, 0.1) is 10.6 Å². The van der Waals surface area contributed by atoms with Crippen molar-refractivity contribution in [2.24, 2.45) is 0 Å². The molecule has 0 saturated heterocycles. The van der Waals surface area contributed by atoms with E-state index in [1.54, 1.807) is 24.7 Å². The fourth-order valence-electron chi connectivity index (χ4n) is 2.02. The Bertz CT molecular complexity index is 680. The normalized spacial score (nSPS) is 12.6. The maximum absolute atomic E-state index is 13.4. The van der Waals surface area contributed by atoms with Crippen LogP contribution in [0.4, 0.5) is 4.39 Å². The van der Waals surface area contributed by atoms with E-state index in [-0.39, 0.29) is 11.7 Å². The topological polar surface area (TPSA) is 59.0 Å². The summed E-state index contributed by atoms with van der Waals surface area (Å²) in [5, 5.41) is 2.74. The van der Waals surface area contributed by atoms with Crippen LogP contribution in [0.5, 0.6) is 0 Å². The fourth-order valence-corrected chi connectivity index (χ4v) is 2.39. The van der Waals surface area contributed by atoms with Crippen LogP contribution >= 0.6 is 12.2 Å². The molecule has 0 aliphatic rings. The monoisotopic (exact) mass is 297 g/mol. The smallest absolute Gasteiger partial charge is 0.242 e. The number of methoxy groups -OCH3 is 1. The van der Waals surface area contributed by atoms with E-state index < -0.39 is 6.04 Å². The summed E-state index contributed by atoms with van der Waals surface area (Å²) in [6.07, 6.45) is 0. The molecule has 1 heterocycles. The average molecular weight is 297 g/mol. The van der Waals surface area contributed by atoms with Gasteiger partial charge >= 0.3 is 0 Å². The molecule has 5 nitrogen and oxygen atoms in total. The van der Waals surface area contributed by atoms with Gasteiger partial charge in [-0.3, -0.25) is 4.79 Å². The van der Waals surface area contributed by atoms with Gasteiger partial charge in [-0.1, -0.05) is 0 Å². The number of carbonyl (C=O) groups excluding carboxylic acids is 1. The number of hydrogen-bond donors (Lipinski definition) is 2. The molecule has 1 atom stereocenters. The Labute approximate surface area is 120 Å². The Balaban J connectivity index is 2.31. The first-order valence-electron chi connectivity index (χ1n) is 6.21. The van der Waals surface area contributed by atoms with Crippen molar-refractivity contribution in [2.45, 2.75) is 13.0 Å². The molecule has 0 radical (unpaired) electrons. The number of nitrogens with zero attached hydrogens (tertiary/aromatic N) is 1. The van der Waals surface area contributed by atoms with Gasteiger partial charge in [-0.25, -0.2) is 4.39 Å². The van der Waals surface area contributed by atoms with Gasteiger partial charge in [0, 0.05) is 13.7 Å². The highest BCUT2D eigenvalue weighted by Crippen LogP contribution is 2.20. The summed E-state index contributed by atoms with van der Waals surface area (Å²) in [6, 6.07) is 3.78. The maximum atomic E-state index is 13.4. The number of hydrogen-bond acceptors (Lipinski definition) is 3. The zero-order chi connectivity index (χ0) is 14.7. The Morgan fingerprint density at radius 3 is 3.05 bits per heavy atom. The highest BCUT2D eigenvalue weighted by atomic mass is 32.1. The summed E-state index contributed by atoms with van der Waals surface area (Å²) >= 11 is 5.21. The third-order valence-electron chi connectivity index (χ3n) is 3.05. The summed E-state index contributed by atoms with van der Waals surface area (Å²) in [5.74, 6) is -0.560. The van der Waals surface area contributed by atoms with Gasteiger partial charge in [-0.2, -0.15) is 0 Å². The quantitative estimate of drug-likeness (QED) is 0.657. The molecule has 1 amide bonds. The number of benzene rings is 1. The molecule has 7 heteroatoms. The lowest BCUT2D eigenvalue weighted by Gasteiger charge is -2.14. The zero-order valence-corrected chi connectivity index (χ0v) is 12.1. The second kappa shape index (κ2) is 6.15.